The van der Waals surface area contributed by atoms with Crippen molar-refractivity contribution in [1.29, 1.82) is 5.41 Å². The van der Waals surface area contributed by atoms with Crippen molar-refractivity contribution in [1.82, 2.24) is 9.97 Å². The highest BCUT2D eigenvalue weighted by molar-refractivity contribution is 7.92. The lowest BCUT2D eigenvalue weighted by Gasteiger charge is -2.14. The minimum absolute atomic E-state index is 0.0270. The van der Waals surface area contributed by atoms with Gasteiger partial charge in [-0.3, -0.25) is 9.71 Å². The summed E-state index contributed by atoms with van der Waals surface area (Å²) in [7, 11) is -2.17. The molecule has 0 aliphatic heterocycles. The number of rotatable bonds is 6. The molecule has 0 spiro atoms. The van der Waals surface area contributed by atoms with Crippen LogP contribution in [0.3, 0.4) is 0 Å². The zero-order valence-corrected chi connectivity index (χ0v) is 15.9. The molecule has 0 fully saturated rings. The van der Waals surface area contributed by atoms with Gasteiger partial charge in [-0.1, -0.05) is 23.7 Å². The van der Waals surface area contributed by atoms with Gasteiger partial charge in [-0.15, -0.1) is 11.3 Å². The van der Waals surface area contributed by atoms with Crippen molar-refractivity contribution >= 4 is 50.6 Å². The average molecular weight is 408 g/mol. The smallest absolute Gasteiger partial charge is 0.263 e. The van der Waals surface area contributed by atoms with Crippen molar-refractivity contribution in [2.45, 2.75) is 4.90 Å². The molecule has 2 aromatic heterocycles. The summed E-state index contributed by atoms with van der Waals surface area (Å²) in [6.07, 6.45) is 4.02. The Morgan fingerprint density at radius 1 is 1.19 bits per heavy atom. The Labute approximate surface area is 159 Å². The van der Waals surface area contributed by atoms with Gasteiger partial charge in [0.25, 0.3) is 10.0 Å². The van der Waals surface area contributed by atoms with Crippen LogP contribution in [0.4, 0.5) is 11.4 Å². The molecule has 3 aromatic rings. The normalized spacial score (nSPS) is 11.2. The van der Waals surface area contributed by atoms with E-state index in [0.29, 0.717) is 27.1 Å². The fourth-order valence-electron chi connectivity index (χ4n) is 2.31. The third-order valence-corrected chi connectivity index (χ3v) is 6.01. The molecule has 3 N–H and O–H groups in total. The van der Waals surface area contributed by atoms with E-state index in [1.807, 2.05) is 0 Å². The lowest BCUT2D eigenvalue weighted by molar-refractivity contribution is 0.601. The number of benzene rings is 1. The van der Waals surface area contributed by atoms with Crippen LogP contribution in [-0.4, -0.2) is 31.6 Å². The summed E-state index contributed by atoms with van der Waals surface area (Å²) in [6, 6.07) is 8.09. The molecule has 10 heteroatoms. The van der Waals surface area contributed by atoms with Crippen LogP contribution >= 0.6 is 22.9 Å². The molecule has 0 atom stereocenters. The number of halogens is 1. The predicted molar refractivity (Wildman–Crippen MR) is 105 cm³/mol. The number of hydrogen-bond donors (Lipinski definition) is 3. The van der Waals surface area contributed by atoms with Crippen molar-refractivity contribution < 1.29 is 8.42 Å². The van der Waals surface area contributed by atoms with Crippen LogP contribution < -0.4 is 10.0 Å². The molecule has 0 aliphatic carbocycles. The summed E-state index contributed by atoms with van der Waals surface area (Å²) in [4.78, 5) is 8.91. The highest BCUT2D eigenvalue weighted by Gasteiger charge is 2.18. The van der Waals surface area contributed by atoms with E-state index in [2.05, 4.69) is 20.0 Å². The number of hydrogen-bond acceptors (Lipinski definition) is 7. The maximum Gasteiger partial charge on any atom is 0.263 e. The molecule has 0 unspecified atom stereocenters. The van der Waals surface area contributed by atoms with E-state index >= 15 is 0 Å². The summed E-state index contributed by atoms with van der Waals surface area (Å²) in [5.41, 5.74) is 2.04. The lowest BCUT2D eigenvalue weighted by Crippen LogP contribution is -2.15. The second-order valence-electron chi connectivity index (χ2n) is 5.13. The Bertz CT molecular complexity index is 1050. The number of pyridine rings is 1. The van der Waals surface area contributed by atoms with E-state index in [9.17, 15) is 8.42 Å². The quantitative estimate of drug-likeness (QED) is 0.540. The lowest BCUT2D eigenvalue weighted by atomic mass is 10.1. The third-order valence-electron chi connectivity index (χ3n) is 3.52. The number of thiazole rings is 1. The minimum Gasteiger partial charge on any atom is -0.386 e. The van der Waals surface area contributed by atoms with Crippen LogP contribution in [0.5, 0.6) is 0 Å². The molecular weight excluding hydrogens is 394 g/mol. The summed E-state index contributed by atoms with van der Waals surface area (Å²) in [5, 5.41) is 10.3. The van der Waals surface area contributed by atoms with Crippen molar-refractivity contribution in [2.75, 3.05) is 17.1 Å². The summed E-state index contributed by atoms with van der Waals surface area (Å²) >= 11 is 7.07. The number of para-hydroxylation sites is 1. The third kappa shape index (κ3) is 3.69. The van der Waals surface area contributed by atoms with Crippen LogP contribution in [0.1, 0.15) is 5.56 Å². The van der Waals surface area contributed by atoms with Crippen LogP contribution in [0, 0.1) is 5.41 Å². The number of aromatic nitrogens is 2. The maximum atomic E-state index is 12.7. The standard InChI is InChI=1S/C16H14ClN5O2S2/c1-19-15-10(7-18)3-2-4-13(15)22-26(23,24)11-5-6-12(20-8-11)14-9-21-16(17)25-14/h2-9,18-19,22H,1H3. The van der Waals surface area contributed by atoms with Gasteiger partial charge in [0.2, 0.25) is 0 Å². The first-order valence-corrected chi connectivity index (χ1v) is 10.0. The zero-order valence-electron chi connectivity index (χ0n) is 13.5. The molecule has 0 amide bonds. The second kappa shape index (κ2) is 7.40. The van der Waals surface area contributed by atoms with Crippen molar-refractivity contribution in [3.63, 3.8) is 0 Å². The molecule has 0 saturated carbocycles. The van der Waals surface area contributed by atoms with Gasteiger partial charge in [0.05, 0.1) is 21.9 Å². The Hall–Kier alpha value is -2.49. The average Bonchev–Trinajstić information content (AvgIpc) is 3.07. The molecule has 0 radical (unpaired) electrons. The molecule has 0 aliphatic rings. The number of anilines is 2. The monoisotopic (exact) mass is 407 g/mol. The van der Waals surface area contributed by atoms with Gasteiger partial charge in [-0.25, -0.2) is 13.4 Å². The predicted octanol–water partition coefficient (Wildman–Crippen LogP) is 3.70. The summed E-state index contributed by atoms with van der Waals surface area (Å²) in [6.45, 7) is 0. The second-order valence-corrected chi connectivity index (χ2v) is 8.42. The molecule has 134 valence electrons. The van der Waals surface area contributed by atoms with Crippen molar-refractivity contribution in [2.24, 2.45) is 0 Å². The van der Waals surface area contributed by atoms with Crippen LogP contribution in [0.2, 0.25) is 4.47 Å². The van der Waals surface area contributed by atoms with Crippen molar-refractivity contribution in [3.8, 4) is 10.6 Å². The van der Waals surface area contributed by atoms with Gasteiger partial charge in [-0.2, -0.15) is 0 Å². The molecule has 26 heavy (non-hydrogen) atoms. The molecule has 3 rings (SSSR count). The van der Waals surface area contributed by atoms with E-state index in [0.717, 1.165) is 11.1 Å². The highest BCUT2D eigenvalue weighted by atomic mass is 35.5. The first-order chi connectivity index (χ1) is 12.4. The van der Waals surface area contributed by atoms with E-state index in [1.165, 1.54) is 23.6 Å². The SMILES string of the molecule is CNc1c(C=N)cccc1NS(=O)(=O)c1ccc(-c2cnc(Cl)s2)nc1. The van der Waals surface area contributed by atoms with Gasteiger partial charge >= 0.3 is 0 Å². The Kier molecular flexibility index (Phi) is 5.21. The first-order valence-electron chi connectivity index (χ1n) is 7.36. The van der Waals surface area contributed by atoms with Gasteiger partial charge in [0.1, 0.15) is 4.90 Å². The maximum absolute atomic E-state index is 12.7. The van der Waals surface area contributed by atoms with Gasteiger partial charge in [-0.05, 0) is 18.2 Å². The van der Waals surface area contributed by atoms with Crippen LogP contribution in [0.15, 0.2) is 47.6 Å². The molecule has 1 aromatic carbocycles. The molecule has 2 heterocycles. The minimum atomic E-state index is -3.83. The molecular formula is C16H14ClN5O2S2. The van der Waals surface area contributed by atoms with Gasteiger partial charge in [0, 0.05) is 31.2 Å². The fourth-order valence-corrected chi connectivity index (χ4v) is 4.25. The van der Waals surface area contributed by atoms with E-state index < -0.39 is 10.0 Å². The van der Waals surface area contributed by atoms with Gasteiger partial charge in [0.15, 0.2) is 4.47 Å². The van der Waals surface area contributed by atoms with Gasteiger partial charge < -0.3 is 10.7 Å². The first kappa shape index (κ1) is 18.3. The van der Waals surface area contributed by atoms with Crippen LogP contribution in [-0.2, 0) is 10.0 Å². The van der Waals surface area contributed by atoms with E-state index in [4.69, 9.17) is 17.0 Å². The molecule has 0 bridgehead atoms. The molecule has 7 nitrogen and oxygen atoms in total. The van der Waals surface area contributed by atoms with Crippen molar-refractivity contribution in [3.05, 3.63) is 52.8 Å². The summed E-state index contributed by atoms with van der Waals surface area (Å²) in [5.74, 6) is 0. The van der Waals surface area contributed by atoms with Crippen LogP contribution in [0.25, 0.3) is 10.6 Å². The zero-order chi connectivity index (χ0) is 18.7. The molecule has 0 saturated heterocycles. The Morgan fingerprint density at radius 3 is 2.58 bits per heavy atom. The topological polar surface area (TPSA) is 108 Å². The highest BCUT2D eigenvalue weighted by Crippen LogP contribution is 2.29. The Balaban J connectivity index is 1.90. The largest absolute Gasteiger partial charge is 0.386 e. The van der Waals surface area contributed by atoms with E-state index in [1.54, 1.807) is 37.5 Å². The summed E-state index contributed by atoms with van der Waals surface area (Å²) < 4.78 is 28.2. The number of nitrogens with one attached hydrogen (secondary N) is 3. The van der Waals surface area contributed by atoms with E-state index in [-0.39, 0.29) is 4.90 Å². The number of sulfonamides is 1. The Morgan fingerprint density at radius 2 is 2.00 bits per heavy atom. The fraction of sp³-hybridized carbons (Fsp3) is 0.0625. The number of nitrogens with zero attached hydrogens (tertiary/aromatic N) is 2.